The summed E-state index contributed by atoms with van der Waals surface area (Å²) in [5.74, 6) is 0. The Bertz CT molecular complexity index is 819. The van der Waals surface area contributed by atoms with Gasteiger partial charge in [0.05, 0.1) is 15.5 Å². The van der Waals surface area contributed by atoms with Gasteiger partial charge in [-0.25, -0.2) is 0 Å². The summed E-state index contributed by atoms with van der Waals surface area (Å²) in [5.41, 5.74) is 1.64. The number of pyridine rings is 1. The van der Waals surface area contributed by atoms with Crippen LogP contribution in [-0.4, -0.2) is 9.91 Å². The first-order chi connectivity index (χ1) is 10.1. The third kappa shape index (κ3) is 2.81. The fraction of sp³-hybridized carbons (Fsp3) is 0.0714. The first-order valence-electron chi connectivity index (χ1n) is 6.15. The van der Waals surface area contributed by atoms with Gasteiger partial charge in [0.15, 0.2) is 0 Å². The number of fused-ring (bicyclic) bond motifs is 1. The van der Waals surface area contributed by atoms with Gasteiger partial charge in [-0.1, -0.05) is 22.9 Å². The van der Waals surface area contributed by atoms with Gasteiger partial charge in [0.25, 0.3) is 0 Å². The lowest BCUT2D eigenvalue weighted by Gasteiger charge is -2.09. The number of anilines is 1. The molecular weight excluding hydrogens is 310 g/mol. The van der Waals surface area contributed by atoms with Crippen molar-refractivity contribution < 1.29 is 4.92 Å². The molecule has 0 spiro atoms. The summed E-state index contributed by atoms with van der Waals surface area (Å²) in [7, 11) is 0. The van der Waals surface area contributed by atoms with Crippen molar-refractivity contribution in [2.45, 2.75) is 6.54 Å². The molecule has 106 valence electrons. The van der Waals surface area contributed by atoms with Crippen molar-refractivity contribution >= 4 is 44.5 Å². The molecule has 3 aromatic rings. The Morgan fingerprint density at radius 2 is 2.14 bits per heavy atom. The molecule has 0 saturated heterocycles. The van der Waals surface area contributed by atoms with Gasteiger partial charge in [-0.2, -0.15) is 0 Å². The van der Waals surface area contributed by atoms with Crippen molar-refractivity contribution in [3.05, 3.63) is 62.6 Å². The number of halogens is 1. The average Bonchev–Trinajstić information content (AvgIpc) is 2.96. The predicted molar refractivity (Wildman–Crippen MR) is 85.1 cm³/mol. The summed E-state index contributed by atoms with van der Waals surface area (Å²) in [4.78, 5) is 15.5. The van der Waals surface area contributed by atoms with Crippen molar-refractivity contribution in [2.24, 2.45) is 0 Å². The maximum atomic E-state index is 10.7. The van der Waals surface area contributed by atoms with E-state index in [0.29, 0.717) is 11.6 Å². The summed E-state index contributed by atoms with van der Waals surface area (Å²) in [5, 5.41) is 15.6. The van der Waals surface area contributed by atoms with Crippen LogP contribution >= 0.6 is 22.9 Å². The Labute approximate surface area is 129 Å². The number of hydrogen-bond donors (Lipinski definition) is 1. The number of benzene rings is 1. The van der Waals surface area contributed by atoms with Crippen LogP contribution in [0.5, 0.6) is 0 Å². The van der Waals surface area contributed by atoms with Crippen LogP contribution in [0.15, 0.2) is 42.6 Å². The molecule has 0 aliphatic rings. The Morgan fingerprint density at radius 3 is 2.90 bits per heavy atom. The molecule has 1 N–H and O–H groups in total. The molecule has 0 saturated carbocycles. The predicted octanol–water partition coefficient (Wildman–Crippen LogP) is 4.47. The van der Waals surface area contributed by atoms with Crippen molar-refractivity contribution in [1.29, 1.82) is 0 Å². The molecule has 0 unspecified atom stereocenters. The van der Waals surface area contributed by atoms with Crippen molar-refractivity contribution in [1.82, 2.24) is 4.98 Å². The molecule has 0 aliphatic heterocycles. The van der Waals surface area contributed by atoms with E-state index in [0.717, 1.165) is 21.5 Å². The number of nitrogens with zero attached hydrogens (tertiary/aromatic N) is 2. The first kappa shape index (κ1) is 13.8. The number of rotatable bonds is 4. The fourth-order valence-electron chi connectivity index (χ4n) is 2.03. The summed E-state index contributed by atoms with van der Waals surface area (Å²) in [6, 6.07) is 10.7. The van der Waals surface area contributed by atoms with E-state index < -0.39 is 0 Å². The fourth-order valence-corrected chi connectivity index (χ4v) is 3.01. The summed E-state index contributed by atoms with van der Waals surface area (Å²) in [6.45, 7) is 0.518. The molecule has 3 rings (SSSR count). The SMILES string of the molecule is O=[N+]([O-])c1ccc(CNc2ccc(Cl)c3ncccc23)s1. The lowest BCUT2D eigenvalue weighted by Crippen LogP contribution is -1.98. The molecular formula is C14H10ClN3O2S. The Kier molecular flexibility index (Phi) is 3.72. The van der Waals surface area contributed by atoms with Crippen LogP contribution in [0, 0.1) is 10.1 Å². The van der Waals surface area contributed by atoms with Crippen LogP contribution in [-0.2, 0) is 6.54 Å². The smallest absolute Gasteiger partial charge is 0.324 e. The van der Waals surface area contributed by atoms with Gasteiger partial charge in [-0.3, -0.25) is 15.1 Å². The molecule has 0 aliphatic carbocycles. The lowest BCUT2D eigenvalue weighted by molar-refractivity contribution is -0.380. The zero-order chi connectivity index (χ0) is 14.8. The average molecular weight is 320 g/mol. The van der Waals surface area contributed by atoms with Crippen LogP contribution in [0.25, 0.3) is 10.9 Å². The second kappa shape index (κ2) is 5.67. The highest BCUT2D eigenvalue weighted by Crippen LogP contribution is 2.29. The number of hydrogen-bond acceptors (Lipinski definition) is 5. The van der Waals surface area contributed by atoms with Crippen molar-refractivity contribution in [2.75, 3.05) is 5.32 Å². The number of aromatic nitrogens is 1. The highest BCUT2D eigenvalue weighted by atomic mass is 35.5. The number of thiophene rings is 1. The molecule has 0 atom stereocenters. The van der Waals surface area contributed by atoms with E-state index in [1.54, 1.807) is 18.3 Å². The minimum atomic E-state index is -0.379. The van der Waals surface area contributed by atoms with Crippen molar-refractivity contribution in [3.63, 3.8) is 0 Å². The highest BCUT2D eigenvalue weighted by Gasteiger charge is 2.10. The lowest BCUT2D eigenvalue weighted by atomic mass is 10.2. The Hall–Kier alpha value is -2.18. The Morgan fingerprint density at radius 1 is 1.29 bits per heavy atom. The summed E-state index contributed by atoms with van der Waals surface area (Å²) < 4.78 is 0. The molecule has 0 amide bonds. The van der Waals surface area contributed by atoms with E-state index >= 15 is 0 Å². The number of nitrogens with one attached hydrogen (secondary N) is 1. The van der Waals surface area contributed by atoms with E-state index in [9.17, 15) is 10.1 Å². The van der Waals surface area contributed by atoms with Crippen LogP contribution in [0.4, 0.5) is 10.7 Å². The molecule has 0 radical (unpaired) electrons. The van der Waals surface area contributed by atoms with Crippen LogP contribution in [0.3, 0.4) is 0 Å². The molecule has 21 heavy (non-hydrogen) atoms. The van der Waals surface area contributed by atoms with Crippen molar-refractivity contribution in [3.8, 4) is 0 Å². The summed E-state index contributed by atoms with van der Waals surface area (Å²) in [6.07, 6.45) is 1.70. The second-order valence-corrected chi connectivity index (χ2v) is 5.90. The van der Waals surface area contributed by atoms with Gasteiger partial charge in [0, 0.05) is 34.8 Å². The third-order valence-corrected chi connectivity index (χ3v) is 4.34. The molecule has 2 aromatic heterocycles. The van der Waals surface area contributed by atoms with Gasteiger partial charge >= 0.3 is 5.00 Å². The standard InChI is InChI=1S/C14H10ClN3O2S/c15-11-4-5-12(10-2-1-7-16-14(10)11)17-8-9-3-6-13(21-9)18(19)20/h1-7,17H,8H2. The molecule has 5 nitrogen and oxygen atoms in total. The van der Waals surface area contributed by atoms with Gasteiger partial charge in [0.1, 0.15) is 0 Å². The first-order valence-corrected chi connectivity index (χ1v) is 7.35. The zero-order valence-electron chi connectivity index (χ0n) is 10.7. The number of nitro groups is 1. The molecule has 7 heteroatoms. The van der Waals surface area contributed by atoms with Gasteiger partial charge in [-0.05, 0) is 30.3 Å². The normalized spacial score (nSPS) is 10.7. The zero-order valence-corrected chi connectivity index (χ0v) is 12.3. The van der Waals surface area contributed by atoms with E-state index in [4.69, 9.17) is 11.6 Å². The minimum absolute atomic E-state index is 0.148. The molecule has 0 bridgehead atoms. The monoisotopic (exact) mass is 319 g/mol. The van der Waals surface area contributed by atoms with E-state index in [-0.39, 0.29) is 9.92 Å². The molecule has 1 aromatic carbocycles. The summed E-state index contributed by atoms with van der Waals surface area (Å²) >= 11 is 7.29. The van der Waals surface area contributed by atoms with Crippen LogP contribution in [0.1, 0.15) is 4.88 Å². The van der Waals surface area contributed by atoms with Gasteiger partial charge in [-0.15, -0.1) is 0 Å². The largest absolute Gasteiger partial charge is 0.380 e. The van der Waals surface area contributed by atoms with E-state index in [1.807, 2.05) is 18.2 Å². The topological polar surface area (TPSA) is 68.1 Å². The van der Waals surface area contributed by atoms with E-state index in [2.05, 4.69) is 10.3 Å². The molecule has 0 fully saturated rings. The molecule has 2 heterocycles. The van der Waals surface area contributed by atoms with Crippen LogP contribution < -0.4 is 5.32 Å². The Balaban J connectivity index is 1.85. The van der Waals surface area contributed by atoms with Crippen LogP contribution in [0.2, 0.25) is 5.02 Å². The van der Waals surface area contributed by atoms with E-state index in [1.165, 1.54) is 17.4 Å². The quantitative estimate of drug-likeness (QED) is 0.569. The third-order valence-electron chi connectivity index (χ3n) is 3.00. The second-order valence-electron chi connectivity index (χ2n) is 4.35. The maximum absolute atomic E-state index is 10.7. The van der Waals surface area contributed by atoms with Gasteiger partial charge < -0.3 is 5.32 Å². The maximum Gasteiger partial charge on any atom is 0.324 e. The highest BCUT2D eigenvalue weighted by molar-refractivity contribution is 7.15. The minimum Gasteiger partial charge on any atom is -0.380 e. The van der Waals surface area contributed by atoms with Gasteiger partial charge in [0.2, 0.25) is 0 Å².